The van der Waals surface area contributed by atoms with Gasteiger partial charge < -0.3 is 9.52 Å². The third-order valence-electron chi connectivity index (χ3n) is 5.51. The first-order valence-corrected chi connectivity index (χ1v) is 12.8. The average Bonchev–Trinajstić information content (AvgIpc) is 3.64. The zero-order chi connectivity index (χ0) is 26.1. The van der Waals surface area contributed by atoms with Crippen molar-refractivity contribution in [2.45, 2.75) is 16.1 Å². The van der Waals surface area contributed by atoms with Crippen molar-refractivity contribution < 1.29 is 24.0 Å². The number of carbonyl (C=O) groups excluding carboxylic acids is 2. The molecule has 1 N–H and O–H groups in total. The highest BCUT2D eigenvalue weighted by Crippen LogP contribution is 2.44. The van der Waals surface area contributed by atoms with E-state index in [4.69, 9.17) is 16.0 Å². The molecular formula is C24H15ClN4O6S2. The monoisotopic (exact) mass is 554 g/mol. The maximum absolute atomic E-state index is 13.3. The Morgan fingerprint density at radius 2 is 2.00 bits per heavy atom. The molecule has 0 aliphatic carbocycles. The van der Waals surface area contributed by atoms with Crippen molar-refractivity contribution in [2.24, 2.45) is 0 Å². The molecule has 5 rings (SSSR count). The number of carbonyl (C=O) groups is 2. The zero-order valence-corrected chi connectivity index (χ0v) is 21.0. The molecule has 0 bridgehead atoms. The van der Waals surface area contributed by atoms with Gasteiger partial charge in [-0.25, -0.2) is 0 Å². The molecule has 4 aromatic rings. The number of hydrogen-bond donors (Lipinski definition) is 1. The Balaban J connectivity index is 1.53. The van der Waals surface area contributed by atoms with E-state index in [-0.39, 0.29) is 27.7 Å². The molecular weight excluding hydrogens is 540 g/mol. The normalized spacial score (nSPS) is 15.4. The number of nitrogens with zero attached hydrogens (tertiary/aromatic N) is 4. The van der Waals surface area contributed by atoms with Crippen LogP contribution >= 0.6 is 34.7 Å². The zero-order valence-electron chi connectivity index (χ0n) is 18.6. The molecule has 2 aromatic heterocycles. The van der Waals surface area contributed by atoms with Crippen LogP contribution < -0.4 is 4.90 Å². The van der Waals surface area contributed by atoms with E-state index in [1.807, 2.05) is 18.2 Å². The summed E-state index contributed by atoms with van der Waals surface area (Å²) in [6, 6.07) is 14.5. The second kappa shape index (κ2) is 10.2. The lowest BCUT2D eigenvalue weighted by molar-refractivity contribution is -0.384. The third-order valence-corrected chi connectivity index (χ3v) is 7.98. The maximum Gasteiger partial charge on any atom is 0.296 e. The van der Waals surface area contributed by atoms with Gasteiger partial charge in [-0.05, 0) is 29.3 Å². The van der Waals surface area contributed by atoms with Crippen LogP contribution in [-0.4, -0.2) is 31.9 Å². The van der Waals surface area contributed by atoms with Gasteiger partial charge in [0.2, 0.25) is 10.9 Å². The first kappa shape index (κ1) is 24.7. The summed E-state index contributed by atoms with van der Waals surface area (Å²) in [5, 5.41) is 31.2. The number of aromatic nitrogens is 2. The molecule has 1 aliphatic heterocycles. The van der Waals surface area contributed by atoms with Crippen molar-refractivity contribution >= 4 is 57.2 Å². The molecule has 0 fully saturated rings. The van der Waals surface area contributed by atoms with Gasteiger partial charge in [0, 0.05) is 22.9 Å². The van der Waals surface area contributed by atoms with Crippen LogP contribution in [0.25, 0.3) is 0 Å². The average molecular weight is 555 g/mol. The van der Waals surface area contributed by atoms with Crippen LogP contribution in [0.15, 0.2) is 87.0 Å². The van der Waals surface area contributed by atoms with Crippen LogP contribution in [0.2, 0.25) is 5.02 Å². The Hall–Kier alpha value is -4.00. The second-order valence-corrected chi connectivity index (χ2v) is 10.3. The van der Waals surface area contributed by atoms with Crippen LogP contribution in [0, 0.1) is 10.1 Å². The summed E-state index contributed by atoms with van der Waals surface area (Å²) in [7, 11) is 0. The van der Waals surface area contributed by atoms with Crippen molar-refractivity contribution in [3.63, 3.8) is 0 Å². The van der Waals surface area contributed by atoms with Crippen molar-refractivity contribution in [3.05, 3.63) is 110 Å². The lowest BCUT2D eigenvalue weighted by Gasteiger charge is -2.23. The van der Waals surface area contributed by atoms with Gasteiger partial charge in [-0.3, -0.25) is 24.6 Å². The quantitative estimate of drug-likeness (QED) is 0.0944. The van der Waals surface area contributed by atoms with Gasteiger partial charge in [0.05, 0.1) is 22.8 Å². The Labute approximate surface area is 222 Å². The molecule has 37 heavy (non-hydrogen) atoms. The van der Waals surface area contributed by atoms with Crippen LogP contribution in [0.1, 0.15) is 27.7 Å². The summed E-state index contributed by atoms with van der Waals surface area (Å²) < 4.78 is 5.71. The summed E-state index contributed by atoms with van der Waals surface area (Å²) >= 11 is 8.66. The van der Waals surface area contributed by atoms with E-state index in [1.165, 1.54) is 54.4 Å². The fraction of sp³-hybridized carbons (Fsp3) is 0.0833. The number of anilines is 1. The van der Waals surface area contributed by atoms with Gasteiger partial charge in [0.1, 0.15) is 0 Å². The van der Waals surface area contributed by atoms with E-state index in [0.717, 1.165) is 21.8 Å². The number of hydrogen-bond acceptors (Lipinski definition) is 10. The Morgan fingerprint density at radius 1 is 1.19 bits per heavy atom. The number of non-ortho nitro benzene ring substituents is 1. The number of nitro benzene ring substituents is 1. The number of halogens is 1. The van der Waals surface area contributed by atoms with Gasteiger partial charge in [-0.15, -0.1) is 10.2 Å². The smallest absolute Gasteiger partial charge is 0.296 e. The third kappa shape index (κ3) is 4.73. The van der Waals surface area contributed by atoms with Gasteiger partial charge in [-0.1, -0.05) is 65.0 Å². The van der Waals surface area contributed by atoms with E-state index in [2.05, 4.69) is 10.2 Å². The lowest BCUT2D eigenvalue weighted by Crippen LogP contribution is -2.31. The van der Waals surface area contributed by atoms with Gasteiger partial charge >= 0.3 is 0 Å². The number of furan rings is 1. The van der Waals surface area contributed by atoms with E-state index >= 15 is 0 Å². The molecule has 10 nitrogen and oxygen atoms in total. The summed E-state index contributed by atoms with van der Waals surface area (Å²) in [5.41, 5.74) is 0.612. The molecule has 13 heteroatoms. The molecule has 3 heterocycles. The standard InChI is InChI=1S/C24H15ClN4O6S2/c25-16-8-2-1-5-14(16)12-36-24-27-26-23(37-24)28-19(13-6-3-7-15(11-13)29(33)34)18(21(31)22(28)32)20(30)17-9-4-10-35-17/h1-11,19,31H,12H2. The molecule has 1 aliphatic rings. The van der Waals surface area contributed by atoms with Crippen molar-refractivity contribution in [1.82, 2.24) is 10.2 Å². The number of thioether (sulfide) groups is 1. The van der Waals surface area contributed by atoms with Gasteiger partial charge in [0.25, 0.3) is 11.6 Å². The molecule has 1 atom stereocenters. The number of aliphatic hydroxyl groups is 1. The number of benzene rings is 2. The number of Topliss-reactive ketones (excluding diaryl/α,β-unsaturated/α-hetero) is 1. The van der Waals surface area contributed by atoms with Gasteiger partial charge in [0.15, 0.2) is 15.9 Å². The number of aliphatic hydroxyl groups excluding tert-OH is 1. The predicted octanol–water partition coefficient (Wildman–Crippen LogP) is 5.77. The highest BCUT2D eigenvalue weighted by molar-refractivity contribution is 8.00. The Morgan fingerprint density at radius 3 is 2.73 bits per heavy atom. The SMILES string of the molecule is O=C(C1=C(O)C(=O)N(c2nnc(SCc3ccccc3Cl)s2)C1c1cccc([N+](=O)[O-])c1)c1ccco1. The largest absolute Gasteiger partial charge is 0.503 e. The number of ketones is 1. The van der Waals surface area contributed by atoms with Crippen LogP contribution in [0.3, 0.4) is 0 Å². The predicted molar refractivity (Wildman–Crippen MR) is 137 cm³/mol. The summed E-state index contributed by atoms with van der Waals surface area (Å²) in [5.74, 6) is -2.00. The fourth-order valence-electron chi connectivity index (χ4n) is 3.81. The van der Waals surface area contributed by atoms with Crippen molar-refractivity contribution in [1.29, 1.82) is 0 Å². The Bertz CT molecular complexity index is 1550. The lowest BCUT2D eigenvalue weighted by atomic mass is 9.95. The topological polar surface area (TPSA) is 140 Å². The first-order chi connectivity index (χ1) is 17.8. The minimum absolute atomic E-state index is 0.0973. The molecule has 0 spiro atoms. The summed E-state index contributed by atoms with van der Waals surface area (Å²) in [6.45, 7) is 0. The maximum atomic E-state index is 13.3. The molecule has 0 radical (unpaired) electrons. The fourth-order valence-corrected chi connectivity index (χ4v) is 5.97. The molecule has 0 saturated carbocycles. The number of rotatable bonds is 8. The van der Waals surface area contributed by atoms with Crippen LogP contribution in [-0.2, 0) is 10.5 Å². The number of nitro groups is 1. The second-order valence-electron chi connectivity index (χ2n) is 7.73. The van der Waals surface area contributed by atoms with Crippen LogP contribution in [0.4, 0.5) is 10.8 Å². The highest BCUT2D eigenvalue weighted by atomic mass is 35.5. The molecule has 1 unspecified atom stereocenters. The molecule has 0 saturated heterocycles. The van der Waals surface area contributed by atoms with Crippen LogP contribution in [0.5, 0.6) is 0 Å². The van der Waals surface area contributed by atoms with E-state index in [1.54, 1.807) is 6.07 Å². The van der Waals surface area contributed by atoms with Gasteiger partial charge in [-0.2, -0.15) is 0 Å². The molecule has 1 amide bonds. The Kier molecular flexibility index (Phi) is 6.78. The summed E-state index contributed by atoms with van der Waals surface area (Å²) in [4.78, 5) is 38.5. The molecule has 2 aromatic carbocycles. The highest BCUT2D eigenvalue weighted by Gasteiger charge is 2.47. The molecule has 186 valence electrons. The minimum Gasteiger partial charge on any atom is -0.503 e. The minimum atomic E-state index is -1.20. The summed E-state index contributed by atoms with van der Waals surface area (Å²) in [6.07, 6.45) is 1.29. The van der Waals surface area contributed by atoms with E-state index in [9.17, 15) is 24.8 Å². The first-order valence-electron chi connectivity index (χ1n) is 10.6. The van der Waals surface area contributed by atoms with E-state index < -0.39 is 28.4 Å². The van der Waals surface area contributed by atoms with Crippen molar-refractivity contribution in [2.75, 3.05) is 4.90 Å². The number of amides is 1. The van der Waals surface area contributed by atoms with Crippen molar-refractivity contribution in [3.8, 4) is 0 Å². The van der Waals surface area contributed by atoms with E-state index in [0.29, 0.717) is 15.1 Å².